The highest BCUT2D eigenvalue weighted by molar-refractivity contribution is 8.00. The van der Waals surface area contributed by atoms with Crippen molar-refractivity contribution >= 4 is 28.7 Å². The zero-order valence-electron chi connectivity index (χ0n) is 13.7. The van der Waals surface area contributed by atoms with Crippen molar-refractivity contribution in [2.45, 2.75) is 49.2 Å². The van der Waals surface area contributed by atoms with Gasteiger partial charge in [-0.1, -0.05) is 0 Å². The van der Waals surface area contributed by atoms with Crippen LogP contribution in [0, 0.1) is 0 Å². The molecule has 0 aliphatic carbocycles. The number of nitrogens with zero attached hydrogens (tertiary/aromatic N) is 4. The number of hydrogen-bond donors (Lipinski definition) is 3. The van der Waals surface area contributed by atoms with E-state index >= 15 is 0 Å². The molecule has 25 heavy (non-hydrogen) atoms. The second kappa shape index (κ2) is 6.69. The Morgan fingerprint density at radius 3 is 2.92 bits per heavy atom. The Bertz CT molecular complexity index is 759. The number of nitrogen functional groups attached to an aromatic ring is 1. The van der Waals surface area contributed by atoms with E-state index in [9.17, 15) is 10.2 Å². The Balaban J connectivity index is 1.50. The van der Waals surface area contributed by atoms with Gasteiger partial charge < -0.3 is 25.4 Å². The quantitative estimate of drug-likeness (QED) is 0.680. The number of aliphatic hydroxyl groups excluding tert-OH is 2. The predicted molar refractivity (Wildman–Crippen MR) is 91.9 cm³/mol. The average molecular weight is 367 g/mol. The Kier molecular flexibility index (Phi) is 4.54. The Labute approximate surface area is 148 Å². The maximum Gasteiger partial charge on any atom is 0.167 e. The van der Waals surface area contributed by atoms with Crippen molar-refractivity contribution in [3.8, 4) is 0 Å². The Morgan fingerprint density at radius 2 is 2.16 bits per heavy atom. The van der Waals surface area contributed by atoms with Crippen LogP contribution in [0.5, 0.6) is 0 Å². The van der Waals surface area contributed by atoms with Gasteiger partial charge in [0.1, 0.15) is 24.1 Å². The third-order valence-electron chi connectivity index (χ3n) is 4.78. The lowest BCUT2D eigenvalue weighted by atomic mass is 10.1. The topological polar surface area (TPSA) is 129 Å². The minimum absolute atomic E-state index is 0.196. The summed E-state index contributed by atoms with van der Waals surface area (Å²) in [5.41, 5.74) is 6.71. The van der Waals surface area contributed by atoms with E-state index < -0.39 is 24.5 Å². The highest BCUT2D eigenvalue weighted by Gasteiger charge is 2.44. The molecule has 0 spiro atoms. The lowest BCUT2D eigenvalue weighted by molar-refractivity contribution is -0.0289. The minimum atomic E-state index is -1.07. The first-order chi connectivity index (χ1) is 12.1. The first kappa shape index (κ1) is 17.0. The van der Waals surface area contributed by atoms with Crippen LogP contribution in [0.15, 0.2) is 12.7 Å². The van der Waals surface area contributed by atoms with Crippen LogP contribution >= 0.6 is 11.8 Å². The summed E-state index contributed by atoms with van der Waals surface area (Å²) < 4.78 is 13.1. The van der Waals surface area contributed by atoms with Crippen molar-refractivity contribution in [2.24, 2.45) is 0 Å². The fourth-order valence-electron chi connectivity index (χ4n) is 3.30. The molecule has 0 radical (unpaired) electrons. The number of nitrogens with two attached hydrogens (primary N) is 1. The second-order valence-electron chi connectivity index (χ2n) is 6.37. The standard InChI is InChI=1S/C15H21N5O4S/c1-7-9(2-3-23-7)25-4-8-11(21)12(22)15(24-8)20-6-19-10-13(16)17-5-18-14(10)20/h5-9,11-12,15,21-22H,2-4H2,1H3,(H2,16,17,18)/t7?,8-,9?,11-,12-,15-/m1/s1. The van der Waals surface area contributed by atoms with E-state index in [1.165, 1.54) is 12.7 Å². The van der Waals surface area contributed by atoms with Gasteiger partial charge in [-0.3, -0.25) is 4.57 Å². The molecule has 2 saturated heterocycles. The third kappa shape index (κ3) is 2.97. The summed E-state index contributed by atoms with van der Waals surface area (Å²) >= 11 is 1.71. The molecule has 2 unspecified atom stereocenters. The van der Waals surface area contributed by atoms with E-state index in [-0.39, 0.29) is 11.9 Å². The molecule has 4 rings (SSSR count). The van der Waals surface area contributed by atoms with E-state index in [2.05, 4.69) is 21.9 Å². The molecule has 136 valence electrons. The van der Waals surface area contributed by atoms with E-state index in [1.54, 1.807) is 16.3 Å². The lowest BCUT2D eigenvalue weighted by Crippen LogP contribution is -2.33. The second-order valence-corrected chi connectivity index (χ2v) is 7.64. The molecule has 9 nitrogen and oxygen atoms in total. The highest BCUT2D eigenvalue weighted by Crippen LogP contribution is 2.35. The molecule has 2 aromatic rings. The van der Waals surface area contributed by atoms with E-state index in [0.29, 0.717) is 22.2 Å². The van der Waals surface area contributed by atoms with Crippen LogP contribution in [0.3, 0.4) is 0 Å². The predicted octanol–water partition coefficient (Wildman–Crippen LogP) is -0.0617. The first-order valence-electron chi connectivity index (χ1n) is 8.24. The van der Waals surface area contributed by atoms with Crippen LogP contribution in [0.1, 0.15) is 19.6 Å². The molecular weight excluding hydrogens is 346 g/mol. The average Bonchev–Trinajstić information content (AvgIpc) is 3.27. The molecule has 2 fully saturated rings. The number of hydrogen-bond acceptors (Lipinski definition) is 9. The van der Waals surface area contributed by atoms with Crippen LogP contribution in [-0.2, 0) is 9.47 Å². The van der Waals surface area contributed by atoms with Gasteiger partial charge >= 0.3 is 0 Å². The van der Waals surface area contributed by atoms with Crippen molar-refractivity contribution in [1.29, 1.82) is 0 Å². The molecular formula is C15H21N5O4S. The molecule has 2 aliphatic rings. The van der Waals surface area contributed by atoms with Gasteiger partial charge in [0.15, 0.2) is 17.7 Å². The number of aliphatic hydroxyl groups is 2. The number of fused-ring (bicyclic) bond motifs is 1. The van der Waals surface area contributed by atoms with Gasteiger partial charge in [0.05, 0.1) is 18.5 Å². The van der Waals surface area contributed by atoms with E-state index in [4.69, 9.17) is 15.2 Å². The van der Waals surface area contributed by atoms with Gasteiger partial charge in [-0.25, -0.2) is 15.0 Å². The van der Waals surface area contributed by atoms with Gasteiger partial charge in [-0.15, -0.1) is 0 Å². The number of imidazole rings is 1. The zero-order chi connectivity index (χ0) is 17.6. The van der Waals surface area contributed by atoms with Crippen molar-refractivity contribution in [3.63, 3.8) is 0 Å². The number of thioether (sulfide) groups is 1. The fraction of sp³-hybridized carbons (Fsp3) is 0.667. The summed E-state index contributed by atoms with van der Waals surface area (Å²) in [5.74, 6) is 0.843. The summed E-state index contributed by atoms with van der Waals surface area (Å²) in [4.78, 5) is 12.2. The Hall–Kier alpha value is -1.46. The van der Waals surface area contributed by atoms with Gasteiger partial charge in [-0.05, 0) is 13.3 Å². The third-order valence-corrected chi connectivity index (χ3v) is 6.35. The van der Waals surface area contributed by atoms with Gasteiger partial charge in [0, 0.05) is 17.6 Å². The number of rotatable bonds is 4. The zero-order valence-corrected chi connectivity index (χ0v) is 14.5. The van der Waals surface area contributed by atoms with Crippen LogP contribution in [-0.4, -0.2) is 71.8 Å². The first-order valence-corrected chi connectivity index (χ1v) is 9.29. The summed E-state index contributed by atoms with van der Waals surface area (Å²) in [7, 11) is 0. The van der Waals surface area contributed by atoms with Crippen LogP contribution in [0.2, 0.25) is 0 Å². The van der Waals surface area contributed by atoms with Crippen molar-refractivity contribution in [1.82, 2.24) is 19.5 Å². The maximum atomic E-state index is 10.4. The van der Waals surface area contributed by atoms with E-state index in [1.807, 2.05) is 0 Å². The number of aromatic nitrogens is 4. The van der Waals surface area contributed by atoms with E-state index in [0.717, 1.165) is 13.0 Å². The monoisotopic (exact) mass is 367 g/mol. The van der Waals surface area contributed by atoms with Crippen LogP contribution < -0.4 is 5.73 Å². The van der Waals surface area contributed by atoms with Gasteiger partial charge in [0.2, 0.25) is 0 Å². The maximum absolute atomic E-state index is 10.4. The van der Waals surface area contributed by atoms with Crippen molar-refractivity contribution in [2.75, 3.05) is 18.1 Å². The molecule has 4 N–H and O–H groups in total. The SMILES string of the molecule is CC1OCCC1SC[C@H]1O[C@@H](n2cnc3c(N)ncnc32)[C@H](O)[C@@H]1O. The largest absolute Gasteiger partial charge is 0.387 e. The van der Waals surface area contributed by atoms with Crippen molar-refractivity contribution in [3.05, 3.63) is 12.7 Å². The molecule has 10 heteroatoms. The molecule has 0 amide bonds. The van der Waals surface area contributed by atoms with Gasteiger partial charge in [0.25, 0.3) is 0 Å². The smallest absolute Gasteiger partial charge is 0.167 e. The summed E-state index contributed by atoms with van der Waals surface area (Å²) in [5, 5.41) is 21.2. The lowest BCUT2D eigenvalue weighted by Gasteiger charge is -2.18. The molecule has 0 saturated carbocycles. The minimum Gasteiger partial charge on any atom is -0.387 e. The Morgan fingerprint density at radius 1 is 1.32 bits per heavy atom. The van der Waals surface area contributed by atoms with Gasteiger partial charge in [-0.2, -0.15) is 11.8 Å². The molecule has 0 bridgehead atoms. The summed E-state index contributed by atoms with van der Waals surface area (Å²) in [6.07, 6.45) is 0.723. The normalized spacial score (nSPS) is 35.6. The fourth-order valence-corrected chi connectivity index (χ4v) is 4.63. The molecule has 2 aliphatic heterocycles. The van der Waals surface area contributed by atoms with Crippen LogP contribution in [0.25, 0.3) is 11.2 Å². The molecule has 2 aromatic heterocycles. The van der Waals surface area contributed by atoms with Crippen molar-refractivity contribution < 1.29 is 19.7 Å². The molecule has 4 heterocycles. The summed E-state index contributed by atoms with van der Waals surface area (Å²) in [6, 6.07) is 0. The van der Waals surface area contributed by atoms with Crippen LogP contribution in [0.4, 0.5) is 5.82 Å². The molecule has 0 aromatic carbocycles. The number of ether oxygens (including phenoxy) is 2. The molecule has 6 atom stereocenters. The summed E-state index contributed by atoms with van der Waals surface area (Å²) in [6.45, 7) is 2.82. The number of anilines is 1. The highest BCUT2D eigenvalue weighted by atomic mass is 32.2.